The Kier molecular flexibility index (Phi) is 3.87. The largest absolute Gasteiger partial charge is 0.299 e. The highest BCUT2D eigenvalue weighted by atomic mass is 32.2. The molecule has 3 heteroatoms. The molecule has 1 fully saturated rings. The lowest BCUT2D eigenvalue weighted by Gasteiger charge is -2.21. The summed E-state index contributed by atoms with van der Waals surface area (Å²) in [4.78, 5) is 11.3. The van der Waals surface area contributed by atoms with E-state index in [0.717, 1.165) is 6.42 Å². The Morgan fingerprint density at radius 1 is 1.36 bits per heavy atom. The van der Waals surface area contributed by atoms with Crippen LogP contribution in [0.5, 0.6) is 0 Å². The average Bonchev–Trinajstić information content (AvgIpc) is 2.45. The normalized spacial score (nSPS) is 32.2. The van der Waals surface area contributed by atoms with Crippen molar-refractivity contribution in [1.82, 2.24) is 0 Å². The molecule has 0 aromatic carbocycles. The van der Waals surface area contributed by atoms with E-state index in [1.54, 1.807) is 0 Å². The topological polar surface area (TPSA) is 34.1 Å². The molecule has 1 aliphatic rings. The second-order valence-electron chi connectivity index (χ2n) is 4.61. The molecule has 0 bridgehead atoms. The first-order chi connectivity index (χ1) is 6.45. The van der Waals surface area contributed by atoms with E-state index in [2.05, 4.69) is 13.8 Å². The molecule has 1 saturated carbocycles. The molecule has 4 atom stereocenters. The second kappa shape index (κ2) is 4.56. The van der Waals surface area contributed by atoms with Crippen LogP contribution in [-0.4, -0.2) is 20.5 Å². The number of Topliss-reactive ketones (excluding diaryl/α,β-unsaturated/α-hetero) is 1. The lowest BCUT2D eigenvalue weighted by molar-refractivity contribution is -0.120. The van der Waals surface area contributed by atoms with Crippen LogP contribution in [-0.2, 0) is 15.6 Å². The third kappa shape index (κ3) is 2.25. The number of carbonyl (C=O) groups excluding carboxylic acids is 1. The summed E-state index contributed by atoms with van der Waals surface area (Å²) in [6, 6.07) is 0. The van der Waals surface area contributed by atoms with Gasteiger partial charge >= 0.3 is 0 Å². The van der Waals surface area contributed by atoms with Gasteiger partial charge in [0, 0.05) is 33.6 Å². The minimum absolute atomic E-state index is 0.0111. The predicted octanol–water partition coefficient (Wildman–Crippen LogP) is 2.15. The smallest absolute Gasteiger partial charge is 0.136 e. The van der Waals surface area contributed by atoms with Gasteiger partial charge in [0.05, 0.1) is 0 Å². The summed E-state index contributed by atoms with van der Waals surface area (Å²) in [5.41, 5.74) is 0. The highest BCUT2D eigenvalue weighted by molar-refractivity contribution is 7.86. The van der Waals surface area contributed by atoms with Crippen LogP contribution in [0, 0.1) is 11.8 Å². The molecule has 0 aromatic heterocycles. The maximum atomic E-state index is 12.1. The Bertz CT molecular complexity index is 248. The molecular weight excluding hydrogens is 196 g/mol. The van der Waals surface area contributed by atoms with Gasteiger partial charge in [-0.1, -0.05) is 27.7 Å². The second-order valence-corrected chi connectivity index (χ2v) is 6.62. The van der Waals surface area contributed by atoms with Crippen molar-refractivity contribution in [2.75, 3.05) is 0 Å². The fourth-order valence-corrected chi connectivity index (χ4v) is 3.82. The van der Waals surface area contributed by atoms with E-state index in [0.29, 0.717) is 18.1 Å². The summed E-state index contributed by atoms with van der Waals surface area (Å²) in [6.45, 7) is 8.12. The molecular formula is C11H20O2S. The first-order valence-electron chi connectivity index (χ1n) is 5.37. The number of ketones is 1. The molecule has 0 aromatic rings. The zero-order valence-electron chi connectivity index (χ0n) is 9.45. The van der Waals surface area contributed by atoms with E-state index in [9.17, 15) is 9.00 Å². The maximum absolute atomic E-state index is 12.1. The quantitative estimate of drug-likeness (QED) is 0.724. The van der Waals surface area contributed by atoms with Crippen LogP contribution in [0.2, 0.25) is 0 Å². The lowest BCUT2D eigenvalue weighted by Crippen LogP contribution is -2.30. The van der Waals surface area contributed by atoms with Crippen LogP contribution in [0.15, 0.2) is 0 Å². The van der Waals surface area contributed by atoms with Crippen molar-refractivity contribution in [2.24, 2.45) is 11.8 Å². The molecule has 0 saturated heterocycles. The first kappa shape index (κ1) is 11.9. The molecule has 0 N–H and O–H groups in total. The van der Waals surface area contributed by atoms with Gasteiger partial charge in [-0.3, -0.25) is 9.00 Å². The highest BCUT2D eigenvalue weighted by Crippen LogP contribution is 2.29. The Morgan fingerprint density at radius 2 is 1.93 bits per heavy atom. The van der Waals surface area contributed by atoms with Crippen LogP contribution < -0.4 is 0 Å². The number of rotatable bonds is 3. The molecule has 14 heavy (non-hydrogen) atoms. The van der Waals surface area contributed by atoms with Gasteiger partial charge in [0.15, 0.2) is 0 Å². The molecule has 1 rings (SSSR count). The number of hydrogen-bond donors (Lipinski definition) is 0. The number of carbonyl (C=O) groups is 1. The van der Waals surface area contributed by atoms with Gasteiger partial charge in [-0.15, -0.1) is 0 Å². The SMILES string of the molecule is CC(C)C(C)S(=O)C1CCC(=O)C1C. The summed E-state index contributed by atoms with van der Waals surface area (Å²) < 4.78 is 12.1. The molecule has 0 amide bonds. The Balaban J connectivity index is 2.66. The summed E-state index contributed by atoms with van der Waals surface area (Å²) in [5, 5.41) is 0.313. The van der Waals surface area contributed by atoms with Gasteiger partial charge < -0.3 is 0 Å². The molecule has 0 heterocycles. The van der Waals surface area contributed by atoms with Gasteiger partial charge in [0.1, 0.15) is 5.78 Å². The van der Waals surface area contributed by atoms with Crippen molar-refractivity contribution in [3.8, 4) is 0 Å². The van der Waals surface area contributed by atoms with E-state index in [1.165, 1.54) is 0 Å². The Labute approximate surface area is 88.9 Å². The summed E-state index contributed by atoms with van der Waals surface area (Å²) in [6.07, 6.45) is 1.45. The predicted molar refractivity (Wildman–Crippen MR) is 59.6 cm³/mol. The molecule has 4 unspecified atom stereocenters. The zero-order chi connectivity index (χ0) is 10.9. The standard InChI is InChI=1S/C11H20O2S/c1-7(2)9(4)14(13)11-6-5-10(12)8(11)3/h7-9,11H,5-6H2,1-4H3. The molecule has 82 valence electrons. The Hall–Kier alpha value is -0.180. The molecule has 0 aliphatic heterocycles. The van der Waals surface area contributed by atoms with E-state index >= 15 is 0 Å². The van der Waals surface area contributed by atoms with E-state index < -0.39 is 10.8 Å². The fraction of sp³-hybridized carbons (Fsp3) is 0.909. The van der Waals surface area contributed by atoms with Crippen LogP contribution in [0.3, 0.4) is 0 Å². The maximum Gasteiger partial charge on any atom is 0.136 e. The molecule has 0 spiro atoms. The summed E-state index contributed by atoms with van der Waals surface area (Å²) >= 11 is 0. The van der Waals surface area contributed by atoms with Crippen LogP contribution in [0.1, 0.15) is 40.5 Å². The van der Waals surface area contributed by atoms with E-state index in [1.807, 2.05) is 13.8 Å². The van der Waals surface area contributed by atoms with Gasteiger partial charge in [-0.2, -0.15) is 0 Å². The first-order valence-corrected chi connectivity index (χ1v) is 6.64. The highest BCUT2D eigenvalue weighted by Gasteiger charge is 2.37. The van der Waals surface area contributed by atoms with Gasteiger partial charge in [0.2, 0.25) is 0 Å². The van der Waals surface area contributed by atoms with Crippen molar-refractivity contribution in [3.05, 3.63) is 0 Å². The van der Waals surface area contributed by atoms with E-state index in [4.69, 9.17) is 0 Å². The fourth-order valence-electron chi connectivity index (χ4n) is 1.83. The van der Waals surface area contributed by atoms with Gasteiger partial charge in [-0.05, 0) is 12.3 Å². The lowest BCUT2D eigenvalue weighted by atomic mass is 10.1. The van der Waals surface area contributed by atoms with Crippen LogP contribution in [0.4, 0.5) is 0 Å². The monoisotopic (exact) mass is 216 g/mol. The van der Waals surface area contributed by atoms with Crippen LogP contribution >= 0.6 is 0 Å². The minimum atomic E-state index is -0.842. The van der Waals surface area contributed by atoms with Crippen molar-refractivity contribution in [1.29, 1.82) is 0 Å². The zero-order valence-corrected chi connectivity index (χ0v) is 10.3. The average molecular weight is 216 g/mol. The van der Waals surface area contributed by atoms with Crippen molar-refractivity contribution in [2.45, 2.75) is 51.0 Å². The van der Waals surface area contributed by atoms with Gasteiger partial charge in [-0.25, -0.2) is 0 Å². The third-order valence-electron chi connectivity index (χ3n) is 3.34. The van der Waals surface area contributed by atoms with E-state index in [-0.39, 0.29) is 16.4 Å². The molecule has 0 radical (unpaired) electrons. The van der Waals surface area contributed by atoms with Crippen molar-refractivity contribution >= 4 is 16.6 Å². The van der Waals surface area contributed by atoms with Crippen molar-refractivity contribution < 1.29 is 9.00 Å². The van der Waals surface area contributed by atoms with Crippen molar-refractivity contribution in [3.63, 3.8) is 0 Å². The summed E-state index contributed by atoms with van der Waals surface area (Å²) in [7, 11) is -0.842. The molecule has 2 nitrogen and oxygen atoms in total. The Morgan fingerprint density at radius 3 is 2.29 bits per heavy atom. The third-order valence-corrected chi connectivity index (χ3v) is 5.86. The summed E-state index contributed by atoms with van der Waals surface area (Å²) in [5.74, 6) is 0.732. The van der Waals surface area contributed by atoms with Gasteiger partial charge in [0.25, 0.3) is 0 Å². The minimum Gasteiger partial charge on any atom is -0.299 e. The molecule has 1 aliphatic carbocycles. The number of hydrogen-bond acceptors (Lipinski definition) is 2. The van der Waals surface area contributed by atoms with Crippen LogP contribution in [0.25, 0.3) is 0 Å².